The molecule has 0 saturated heterocycles. The van der Waals surface area contributed by atoms with Crippen LogP contribution in [0.2, 0.25) is 0 Å². The first-order chi connectivity index (χ1) is 5.11. The van der Waals surface area contributed by atoms with Crippen molar-refractivity contribution in [3.8, 4) is 6.07 Å². The fourth-order valence-electron chi connectivity index (χ4n) is 0.925. The van der Waals surface area contributed by atoms with Gasteiger partial charge in [0.15, 0.2) is 0 Å². The van der Waals surface area contributed by atoms with E-state index in [1.165, 1.54) is 0 Å². The lowest BCUT2D eigenvalue weighted by Gasteiger charge is -2.03. The van der Waals surface area contributed by atoms with Crippen molar-refractivity contribution in [3.05, 3.63) is 22.7 Å². The third-order valence-electron chi connectivity index (χ3n) is 1.34. The average molecular weight is 148 g/mol. The van der Waals surface area contributed by atoms with E-state index in [1.54, 1.807) is 0 Å². The Hall–Kier alpha value is -1.28. The van der Waals surface area contributed by atoms with Crippen LogP contribution in [0, 0.1) is 23.8 Å². The Morgan fingerprint density at radius 1 is 1.64 bits per heavy atom. The second-order valence-corrected chi connectivity index (χ2v) is 2.95. The standard InChI is InChI=1S/C9H12N2/c1-7(2)5-8(3)9(6-10)11-4/h7H,5H2,1-3H3/b9-8-. The summed E-state index contributed by atoms with van der Waals surface area (Å²) in [5, 5.41) is 8.49. The van der Waals surface area contributed by atoms with E-state index in [4.69, 9.17) is 11.8 Å². The van der Waals surface area contributed by atoms with Crippen LogP contribution in [0.15, 0.2) is 11.3 Å². The van der Waals surface area contributed by atoms with Crippen LogP contribution < -0.4 is 0 Å². The zero-order valence-electron chi connectivity index (χ0n) is 7.18. The Morgan fingerprint density at radius 3 is 2.45 bits per heavy atom. The highest BCUT2D eigenvalue weighted by molar-refractivity contribution is 5.32. The van der Waals surface area contributed by atoms with Gasteiger partial charge in [-0.2, -0.15) is 0 Å². The SMILES string of the molecule is [C-]#[N+]/C(C#N)=C(/C)CC(C)C. The molecule has 0 bridgehead atoms. The highest BCUT2D eigenvalue weighted by Crippen LogP contribution is 2.14. The first kappa shape index (κ1) is 9.72. The van der Waals surface area contributed by atoms with Crippen LogP contribution in [0.25, 0.3) is 4.85 Å². The summed E-state index contributed by atoms with van der Waals surface area (Å²) in [5.41, 5.74) is 1.15. The highest BCUT2D eigenvalue weighted by atomic mass is 14.7. The largest absolute Gasteiger partial charge is 0.260 e. The van der Waals surface area contributed by atoms with Gasteiger partial charge in [-0.05, 0) is 12.3 Å². The van der Waals surface area contributed by atoms with E-state index in [0.717, 1.165) is 12.0 Å². The monoisotopic (exact) mass is 148 g/mol. The maximum Gasteiger partial charge on any atom is 0.260 e. The molecule has 0 aromatic rings. The van der Waals surface area contributed by atoms with Crippen LogP contribution in [-0.4, -0.2) is 0 Å². The average Bonchev–Trinajstić information content (AvgIpc) is 1.88. The lowest BCUT2D eigenvalue weighted by molar-refractivity contribution is 0.641. The van der Waals surface area contributed by atoms with E-state index in [1.807, 2.05) is 13.0 Å². The maximum absolute atomic E-state index is 8.49. The van der Waals surface area contributed by atoms with Gasteiger partial charge in [-0.15, -0.1) is 0 Å². The molecule has 0 radical (unpaired) electrons. The molecule has 0 N–H and O–H groups in total. The molecule has 0 aliphatic rings. The topological polar surface area (TPSA) is 28.1 Å². The fourth-order valence-corrected chi connectivity index (χ4v) is 0.925. The van der Waals surface area contributed by atoms with Crippen molar-refractivity contribution in [2.24, 2.45) is 5.92 Å². The molecule has 0 saturated carbocycles. The second kappa shape index (κ2) is 4.52. The van der Waals surface area contributed by atoms with Crippen LogP contribution in [-0.2, 0) is 0 Å². The fraction of sp³-hybridized carbons (Fsp3) is 0.556. The normalized spacial score (nSPS) is 11.8. The molecule has 11 heavy (non-hydrogen) atoms. The first-order valence-corrected chi connectivity index (χ1v) is 3.59. The second-order valence-electron chi connectivity index (χ2n) is 2.95. The van der Waals surface area contributed by atoms with Gasteiger partial charge in [0.2, 0.25) is 0 Å². The van der Waals surface area contributed by atoms with Gasteiger partial charge < -0.3 is 0 Å². The lowest BCUT2D eigenvalue weighted by atomic mass is 10.0. The summed E-state index contributed by atoms with van der Waals surface area (Å²) in [5.74, 6) is 0.514. The summed E-state index contributed by atoms with van der Waals surface area (Å²) in [4.78, 5) is 3.13. The van der Waals surface area contributed by atoms with Crippen molar-refractivity contribution >= 4 is 0 Å². The minimum absolute atomic E-state index is 0.249. The summed E-state index contributed by atoms with van der Waals surface area (Å²) < 4.78 is 0. The summed E-state index contributed by atoms with van der Waals surface area (Å²) in [6.07, 6.45) is 0.839. The first-order valence-electron chi connectivity index (χ1n) is 3.59. The number of hydrogen-bond donors (Lipinski definition) is 0. The van der Waals surface area contributed by atoms with Crippen molar-refractivity contribution in [2.75, 3.05) is 0 Å². The van der Waals surface area contributed by atoms with Crippen molar-refractivity contribution < 1.29 is 0 Å². The van der Waals surface area contributed by atoms with E-state index < -0.39 is 0 Å². The highest BCUT2D eigenvalue weighted by Gasteiger charge is 2.02. The Morgan fingerprint density at radius 2 is 2.18 bits per heavy atom. The van der Waals surface area contributed by atoms with Crippen molar-refractivity contribution in [1.82, 2.24) is 0 Å². The van der Waals surface area contributed by atoms with Gasteiger partial charge in [0.1, 0.15) is 0 Å². The Bertz CT molecular complexity index is 219. The zero-order chi connectivity index (χ0) is 8.85. The molecule has 2 heteroatoms. The molecule has 0 atom stereocenters. The predicted octanol–water partition coefficient (Wildman–Crippen LogP) is 2.75. The van der Waals surface area contributed by atoms with E-state index in [2.05, 4.69) is 18.7 Å². The molecule has 58 valence electrons. The van der Waals surface area contributed by atoms with E-state index in [0.29, 0.717) is 5.92 Å². The summed E-state index contributed by atoms with van der Waals surface area (Å²) in [7, 11) is 0. The third kappa shape index (κ3) is 3.43. The molecule has 0 unspecified atom stereocenters. The molecule has 0 amide bonds. The van der Waals surface area contributed by atoms with Crippen LogP contribution in [0.4, 0.5) is 0 Å². The molecular weight excluding hydrogens is 136 g/mol. The molecule has 0 aliphatic heterocycles. The van der Waals surface area contributed by atoms with E-state index in [9.17, 15) is 0 Å². The molecule has 0 heterocycles. The molecule has 0 spiro atoms. The number of allylic oxidation sites excluding steroid dienone is 2. The molecule has 0 aliphatic carbocycles. The van der Waals surface area contributed by atoms with Gasteiger partial charge in [0, 0.05) is 0 Å². The Labute approximate surface area is 68.0 Å². The van der Waals surface area contributed by atoms with Crippen molar-refractivity contribution in [3.63, 3.8) is 0 Å². The number of rotatable bonds is 2. The van der Waals surface area contributed by atoms with Gasteiger partial charge in [-0.25, -0.2) is 10.1 Å². The van der Waals surface area contributed by atoms with E-state index >= 15 is 0 Å². The van der Waals surface area contributed by atoms with Gasteiger partial charge in [0.25, 0.3) is 5.70 Å². The minimum atomic E-state index is 0.249. The Balaban J connectivity index is 4.43. The summed E-state index contributed by atoms with van der Waals surface area (Å²) >= 11 is 0. The predicted molar refractivity (Wildman–Crippen MR) is 44.4 cm³/mol. The smallest absolute Gasteiger partial charge is 0.227 e. The number of hydrogen-bond acceptors (Lipinski definition) is 1. The van der Waals surface area contributed by atoms with E-state index in [-0.39, 0.29) is 5.70 Å². The third-order valence-corrected chi connectivity index (χ3v) is 1.34. The molecule has 0 rings (SSSR count). The zero-order valence-corrected chi connectivity index (χ0v) is 7.18. The maximum atomic E-state index is 8.49. The quantitative estimate of drug-likeness (QED) is 0.437. The summed E-state index contributed by atoms with van der Waals surface area (Å²) in [6, 6.07) is 1.88. The van der Waals surface area contributed by atoms with Gasteiger partial charge >= 0.3 is 0 Å². The van der Waals surface area contributed by atoms with Crippen molar-refractivity contribution in [1.29, 1.82) is 5.26 Å². The van der Waals surface area contributed by atoms with Gasteiger partial charge in [-0.3, -0.25) is 0 Å². The van der Waals surface area contributed by atoms with Crippen LogP contribution in [0.3, 0.4) is 0 Å². The Kier molecular flexibility index (Phi) is 4.00. The van der Waals surface area contributed by atoms with Gasteiger partial charge in [0.05, 0.1) is 12.6 Å². The van der Waals surface area contributed by atoms with Crippen LogP contribution in [0.5, 0.6) is 0 Å². The summed E-state index contributed by atoms with van der Waals surface area (Å²) in [6.45, 7) is 12.7. The molecule has 2 nitrogen and oxygen atoms in total. The molecule has 0 aromatic carbocycles. The van der Waals surface area contributed by atoms with Gasteiger partial charge in [-0.1, -0.05) is 26.3 Å². The van der Waals surface area contributed by atoms with Crippen LogP contribution >= 0.6 is 0 Å². The number of nitriles is 1. The molecule has 0 fully saturated rings. The van der Waals surface area contributed by atoms with Crippen LogP contribution in [0.1, 0.15) is 27.2 Å². The molecule has 0 aromatic heterocycles. The number of nitrogens with zero attached hydrogens (tertiary/aromatic N) is 2. The lowest BCUT2D eigenvalue weighted by Crippen LogP contribution is -1.90. The van der Waals surface area contributed by atoms with Crippen molar-refractivity contribution in [2.45, 2.75) is 27.2 Å². The minimum Gasteiger partial charge on any atom is -0.227 e. The molecular formula is C9H12N2.